The van der Waals surface area contributed by atoms with Gasteiger partial charge in [-0.2, -0.15) is 0 Å². The molecule has 0 aromatic heterocycles. The van der Waals surface area contributed by atoms with E-state index in [9.17, 15) is 4.79 Å². The molecule has 2 rings (SSSR count). The molecule has 1 unspecified atom stereocenters. The summed E-state index contributed by atoms with van der Waals surface area (Å²) < 4.78 is 0. The largest absolute Gasteiger partial charge is 0.312 e. The van der Waals surface area contributed by atoms with Gasteiger partial charge in [-0.1, -0.05) is 18.2 Å². The average Bonchev–Trinajstić information content (AvgIpc) is 2.47. The minimum Gasteiger partial charge on any atom is -0.312 e. The lowest BCUT2D eigenvalue weighted by molar-refractivity contribution is -0.117. The van der Waals surface area contributed by atoms with Crippen molar-refractivity contribution in [3.8, 4) is 0 Å². The Kier molecular flexibility index (Phi) is 2.05. The Labute approximate surface area is 78.2 Å². The van der Waals surface area contributed by atoms with Crippen LogP contribution in [-0.2, 0) is 4.79 Å². The van der Waals surface area contributed by atoms with E-state index >= 15 is 0 Å². The quantitative estimate of drug-likeness (QED) is 0.636. The first-order valence-electron chi connectivity index (χ1n) is 4.46. The lowest BCUT2D eigenvalue weighted by Crippen LogP contribution is -2.23. The molecule has 1 aromatic carbocycles. The maximum Gasteiger partial charge on any atom is 0.227 e. The summed E-state index contributed by atoms with van der Waals surface area (Å²) in [4.78, 5) is 13.3. The average molecular weight is 174 g/mol. The first kappa shape index (κ1) is 8.30. The van der Waals surface area contributed by atoms with Crippen LogP contribution >= 0.6 is 0 Å². The summed E-state index contributed by atoms with van der Waals surface area (Å²) in [6, 6.07) is 9.75. The Balaban J connectivity index is 2.23. The Morgan fingerprint density at radius 1 is 1.31 bits per heavy atom. The normalized spacial score (nSPS) is 22.4. The van der Waals surface area contributed by atoms with E-state index in [1.165, 1.54) is 0 Å². The molecule has 1 aliphatic rings. The van der Waals surface area contributed by atoms with Crippen molar-refractivity contribution in [1.82, 2.24) is 0 Å². The fourth-order valence-electron chi connectivity index (χ4n) is 1.64. The van der Waals surface area contributed by atoms with Crippen molar-refractivity contribution >= 4 is 11.6 Å². The zero-order valence-electron chi connectivity index (χ0n) is 7.44. The second-order valence-corrected chi connectivity index (χ2v) is 3.41. The van der Waals surface area contributed by atoms with Crippen LogP contribution in [0.1, 0.15) is 6.42 Å². The molecule has 1 amide bonds. The number of carbonyl (C=O) groups excluding carboxylic acids is 1. The molecule has 1 aliphatic heterocycles. The SMILES string of the molecule is [CH2]C1CC(=O)N(c2ccccc2)C1. The summed E-state index contributed by atoms with van der Waals surface area (Å²) in [6.07, 6.45) is 0.578. The van der Waals surface area contributed by atoms with E-state index in [1.807, 2.05) is 30.3 Å². The van der Waals surface area contributed by atoms with Crippen LogP contribution in [0.3, 0.4) is 0 Å². The number of nitrogens with zero attached hydrogens (tertiary/aromatic N) is 1. The van der Waals surface area contributed by atoms with Crippen LogP contribution in [0.4, 0.5) is 5.69 Å². The number of para-hydroxylation sites is 1. The van der Waals surface area contributed by atoms with Gasteiger partial charge in [0.05, 0.1) is 0 Å². The monoisotopic (exact) mass is 174 g/mol. The molecule has 1 heterocycles. The van der Waals surface area contributed by atoms with Crippen molar-refractivity contribution in [2.24, 2.45) is 5.92 Å². The van der Waals surface area contributed by atoms with Crippen molar-refractivity contribution in [2.45, 2.75) is 6.42 Å². The molecule has 1 fully saturated rings. The van der Waals surface area contributed by atoms with Gasteiger partial charge in [-0.05, 0) is 25.0 Å². The number of amides is 1. The van der Waals surface area contributed by atoms with Crippen LogP contribution in [0.2, 0.25) is 0 Å². The van der Waals surface area contributed by atoms with Gasteiger partial charge < -0.3 is 4.90 Å². The summed E-state index contributed by atoms with van der Waals surface area (Å²) in [6.45, 7) is 4.65. The zero-order valence-corrected chi connectivity index (χ0v) is 7.44. The summed E-state index contributed by atoms with van der Waals surface area (Å²) in [7, 11) is 0. The molecular weight excluding hydrogens is 162 g/mol. The highest BCUT2D eigenvalue weighted by molar-refractivity contribution is 5.95. The molecule has 2 nitrogen and oxygen atoms in total. The fraction of sp³-hybridized carbons (Fsp3) is 0.273. The molecule has 0 spiro atoms. The fourth-order valence-corrected chi connectivity index (χ4v) is 1.64. The summed E-state index contributed by atoms with van der Waals surface area (Å²) in [5, 5.41) is 0. The van der Waals surface area contributed by atoms with E-state index in [4.69, 9.17) is 0 Å². The van der Waals surface area contributed by atoms with Crippen molar-refractivity contribution in [1.29, 1.82) is 0 Å². The van der Waals surface area contributed by atoms with Gasteiger partial charge in [-0.25, -0.2) is 0 Å². The minimum absolute atomic E-state index is 0.186. The lowest BCUT2D eigenvalue weighted by atomic mass is 10.2. The molecule has 1 atom stereocenters. The van der Waals surface area contributed by atoms with E-state index in [-0.39, 0.29) is 11.8 Å². The smallest absolute Gasteiger partial charge is 0.227 e. The Morgan fingerprint density at radius 2 is 2.00 bits per heavy atom. The molecule has 0 bridgehead atoms. The molecular formula is C11H12NO. The maximum atomic E-state index is 11.5. The van der Waals surface area contributed by atoms with Crippen LogP contribution < -0.4 is 4.90 Å². The lowest BCUT2D eigenvalue weighted by Gasteiger charge is -2.15. The first-order chi connectivity index (χ1) is 6.27. The number of hydrogen-bond donors (Lipinski definition) is 0. The van der Waals surface area contributed by atoms with E-state index in [0.29, 0.717) is 6.42 Å². The Morgan fingerprint density at radius 3 is 2.54 bits per heavy atom. The van der Waals surface area contributed by atoms with Gasteiger partial charge in [-0.15, -0.1) is 0 Å². The molecule has 1 saturated heterocycles. The zero-order chi connectivity index (χ0) is 9.26. The van der Waals surface area contributed by atoms with Crippen molar-refractivity contribution in [3.63, 3.8) is 0 Å². The minimum atomic E-state index is 0.186. The van der Waals surface area contributed by atoms with Crippen LogP contribution in [0, 0.1) is 12.8 Å². The third kappa shape index (κ3) is 1.57. The van der Waals surface area contributed by atoms with Crippen LogP contribution in [0.25, 0.3) is 0 Å². The Hall–Kier alpha value is -1.31. The molecule has 1 aromatic rings. The molecule has 2 heteroatoms. The Bertz CT molecular complexity index is 307. The third-order valence-electron chi connectivity index (χ3n) is 2.27. The van der Waals surface area contributed by atoms with Crippen molar-refractivity contribution in [3.05, 3.63) is 37.3 Å². The highest BCUT2D eigenvalue weighted by atomic mass is 16.2. The predicted molar refractivity (Wildman–Crippen MR) is 52.3 cm³/mol. The molecule has 1 radical (unpaired) electrons. The molecule has 0 saturated carbocycles. The summed E-state index contributed by atoms with van der Waals surface area (Å²) in [5.41, 5.74) is 0.985. The van der Waals surface area contributed by atoms with Crippen LogP contribution in [0.5, 0.6) is 0 Å². The predicted octanol–water partition coefficient (Wildman–Crippen LogP) is 1.87. The summed E-state index contributed by atoms with van der Waals surface area (Å²) >= 11 is 0. The number of rotatable bonds is 1. The van der Waals surface area contributed by atoms with Crippen LogP contribution in [0.15, 0.2) is 30.3 Å². The first-order valence-corrected chi connectivity index (χ1v) is 4.46. The second kappa shape index (κ2) is 3.21. The highest BCUT2D eigenvalue weighted by Crippen LogP contribution is 2.23. The molecule has 13 heavy (non-hydrogen) atoms. The topological polar surface area (TPSA) is 20.3 Å². The van der Waals surface area contributed by atoms with E-state index in [1.54, 1.807) is 4.90 Å². The third-order valence-corrected chi connectivity index (χ3v) is 2.27. The van der Waals surface area contributed by atoms with E-state index in [2.05, 4.69) is 6.92 Å². The van der Waals surface area contributed by atoms with E-state index in [0.717, 1.165) is 12.2 Å². The highest BCUT2D eigenvalue weighted by Gasteiger charge is 2.27. The van der Waals surface area contributed by atoms with Crippen molar-refractivity contribution < 1.29 is 4.79 Å². The van der Waals surface area contributed by atoms with Gasteiger partial charge >= 0.3 is 0 Å². The van der Waals surface area contributed by atoms with Gasteiger partial charge in [0.1, 0.15) is 0 Å². The number of anilines is 1. The molecule has 0 aliphatic carbocycles. The van der Waals surface area contributed by atoms with Crippen LogP contribution in [-0.4, -0.2) is 12.5 Å². The molecule has 0 N–H and O–H groups in total. The van der Waals surface area contributed by atoms with Gasteiger partial charge in [0, 0.05) is 18.7 Å². The van der Waals surface area contributed by atoms with E-state index < -0.39 is 0 Å². The second-order valence-electron chi connectivity index (χ2n) is 3.41. The number of hydrogen-bond acceptors (Lipinski definition) is 1. The van der Waals surface area contributed by atoms with Gasteiger partial charge in [0.25, 0.3) is 0 Å². The molecule has 67 valence electrons. The number of carbonyl (C=O) groups is 1. The summed E-state index contributed by atoms with van der Waals surface area (Å²) in [5.74, 6) is 0.430. The van der Waals surface area contributed by atoms with Gasteiger partial charge in [0.15, 0.2) is 0 Å². The van der Waals surface area contributed by atoms with Crippen molar-refractivity contribution in [2.75, 3.05) is 11.4 Å². The maximum absolute atomic E-state index is 11.5. The van der Waals surface area contributed by atoms with Gasteiger partial charge in [0.2, 0.25) is 5.91 Å². The van der Waals surface area contributed by atoms with Gasteiger partial charge in [-0.3, -0.25) is 4.79 Å². The number of benzene rings is 1. The standard InChI is InChI=1S/C11H12NO/c1-9-7-11(13)12(8-9)10-5-3-2-4-6-10/h2-6,9H,1,7-8H2.